The molecule has 2 N–H and O–H groups in total. The zero-order valence-corrected chi connectivity index (χ0v) is 12.1. The van der Waals surface area contributed by atoms with Crippen molar-refractivity contribution < 1.29 is 14.9 Å². The number of aliphatic hydroxyl groups excluding tert-OH is 2. The van der Waals surface area contributed by atoms with Crippen LogP contribution in [0.3, 0.4) is 0 Å². The molecule has 0 radical (unpaired) electrons. The van der Waals surface area contributed by atoms with E-state index in [0.717, 1.165) is 6.61 Å². The molecule has 20 heavy (non-hydrogen) atoms. The Morgan fingerprint density at radius 1 is 1.25 bits per heavy atom. The molecule has 0 spiro atoms. The maximum atomic E-state index is 8.64. The lowest BCUT2D eigenvalue weighted by Gasteiger charge is -1.93. The van der Waals surface area contributed by atoms with E-state index in [4.69, 9.17) is 33.4 Å². The van der Waals surface area contributed by atoms with E-state index < -0.39 is 12.2 Å². The number of hydrogen-bond donors (Lipinski definition) is 2. The normalized spacial score (nSPS) is 17.6. The summed E-state index contributed by atoms with van der Waals surface area (Å²) >= 11 is 0. The van der Waals surface area contributed by atoms with Crippen LogP contribution in [0.4, 0.5) is 0 Å². The van der Waals surface area contributed by atoms with Crippen LogP contribution in [0.2, 0.25) is 0 Å². The van der Waals surface area contributed by atoms with Gasteiger partial charge in [0.1, 0.15) is 12.2 Å². The van der Waals surface area contributed by atoms with Crippen LogP contribution < -0.4 is 0 Å². The number of nitriles is 1. The van der Waals surface area contributed by atoms with Crippen molar-refractivity contribution in [1.82, 2.24) is 0 Å². The Morgan fingerprint density at radius 3 is 1.95 bits per heavy atom. The average molecular weight is 281 g/mol. The lowest BCUT2D eigenvalue weighted by molar-refractivity contribution is 0.187. The number of nitrogens with zero attached hydrogens (tertiary/aromatic N) is 3. The van der Waals surface area contributed by atoms with Gasteiger partial charge in [0.2, 0.25) is 13.1 Å². The van der Waals surface area contributed by atoms with E-state index in [1.54, 1.807) is 6.07 Å². The van der Waals surface area contributed by atoms with Gasteiger partial charge in [-0.15, -0.1) is 0 Å². The standard InChI is InChI=1S/C5H6N2O.C5H9NO.C4H8O/c1-7-4-5(8)2-3-6;1-3-5(7)4-6-2;1-2-4-3-5-4/h5,8H,2,4H2;5,7H,3-4H2,1H3;4H,2-3H2,1H3. The third kappa shape index (κ3) is 18.7. The molecule has 0 amide bonds. The van der Waals surface area contributed by atoms with Crippen LogP contribution in [0.1, 0.15) is 33.1 Å². The minimum atomic E-state index is -0.752. The molecule has 3 atom stereocenters. The predicted octanol–water partition coefficient (Wildman–Crippen LogP) is 1.65. The van der Waals surface area contributed by atoms with Crippen molar-refractivity contribution in [3.63, 3.8) is 0 Å². The van der Waals surface area contributed by atoms with Gasteiger partial charge in [-0.2, -0.15) is 5.26 Å². The number of epoxide rings is 1. The highest BCUT2D eigenvalue weighted by atomic mass is 16.6. The summed E-state index contributed by atoms with van der Waals surface area (Å²) < 4.78 is 4.86. The number of ether oxygens (including phenoxy) is 1. The fourth-order valence-electron chi connectivity index (χ4n) is 0.814. The first-order chi connectivity index (χ1) is 9.55. The van der Waals surface area contributed by atoms with Crippen LogP contribution in [0.5, 0.6) is 0 Å². The molecule has 1 heterocycles. The summed E-state index contributed by atoms with van der Waals surface area (Å²) in [5, 5.41) is 25.2. The summed E-state index contributed by atoms with van der Waals surface area (Å²) in [6, 6.07) is 1.76. The second-order valence-corrected chi connectivity index (χ2v) is 4.12. The van der Waals surface area contributed by atoms with Crippen LogP contribution in [0.15, 0.2) is 0 Å². The van der Waals surface area contributed by atoms with Crippen LogP contribution >= 0.6 is 0 Å². The SMILES string of the molecule is CCC1CO1.[C-]#[N+]CC(O)CC.[C-]#[N+]CC(O)CC#N. The monoisotopic (exact) mass is 281 g/mol. The summed E-state index contributed by atoms with van der Waals surface area (Å²) in [4.78, 5) is 5.91. The third-order valence-corrected chi connectivity index (χ3v) is 2.26. The molecule has 1 aliphatic rings. The minimum absolute atomic E-state index is 0.0353. The lowest BCUT2D eigenvalue weighted by Crippen LogP contribution is -2.07. The highest BCUT2D eigenvalue weighted by Crippen LogP contribution is 2.10. The van der Waals surface area contributed by atoms with E-state index in [1.165, 1.54) is 6.42 Å². The van der Waals surface area contributed by atoms with Crippen molar-refractivity contribution in [1.29, 1.82) is 5.26 Å². The van der Waals surface area contributed by atoms with Gasteiger partial charge < -0.3 is 24.6 Å². The molecule has 6 heteroatoms. The summed E-state index contributed by atoms with van der Waals surface area (Å²) in [5.41, 5.74) is 0. The molecule has 1 aliphatic heterocycles. The number of hydrogen-bond acceptors (Lipinski definition) is 4. The largest absolute Gasteiger partial charge is 0.385 e. The first-order valence-corrected chi connectivity index (χ1v) is 6.56. The number of rotatable bonds is 5. The second-order valence-electron chi connectivity index (χ2n) is 4.12. The third-order valence-electron chi connectivity index (χ3n) is 2.26. The fourth-order valence-corrected chi connectivity index (χ4v) is 0.814. The van der Waals surface area contributed by atoms with Gasteiger partial charge in [-0.05, 0) is 12.8 Å². The first-order valence-electron chi connectivity index (χ1n) is 6.56. The van der Waals surface area contributed by atoms with Gasteiger partial charge in [-0.3, -0.25) is 0 Å². The molecule has 0 aliphatic carbocycles. The topological polar surface area (TPSA) is 85.5 Å². The van der Waals surface area contributed by atoms with E-state index in [9.17, 15) is 0 Å². The summed E-state index contributed by atoms with van der Waals surface area (Å²) in [5.74, 6) is 0. The lowest BCUT2D eigenvalue weighted by atomic mass is 10.3. The molecular weight excluding hydrogens is 258 g/mol. The maximum absolute atomic E-state index is 8.64. The Kier molecular flexibility index (Phi) is 15.9. The van der Waals surface area contributed by atoms with Gasteiger partial charge in [0.25, 0.3) is 0 Å². The highest BCUT2D eigenvalue weighted by Gasteiger charge is 2.18. The van der Waals surface area contributed by atoms with E-state index in [0.29, 0.717) is 12.5 Å². The second kappa shape index (κ2) is 15.4. The first kappa shape index (κ1) is 20.7. The molecule has 0 bridgehead atoms. The molecule has 1 rings (SSSR count). The molecule has 0 aromatic rings. The van der Waals surface area contributed by atoms with Gasteiger partial charge in [-0.1, -0.05) is 13.8 Å². The Morgan fingerprint density at radius 2 is 1.75 bits per heavy atom. The van der Waals surface area contributed by atoms with Gasteiger partial charge >= 0.3 is 0 Å². The average Bonchev–Trinajstić information content (AvgIpc) is 3.25. The summed E-state index contributed by atoms with van der Waals surface area (Å²) in [6.07, 6.45) is 1.41. The van der Waals surface area contributed by atoms with Crippen LogP contribution in [-0.4, -0.2) is 48.2 Å². The maximum Gasteiger partial charge on any atom is 0.241 e. The molecule has 0 aromatic carbocycles. The van der Waals surface area contributed by atoms with Gasteiger partial charge in [-0.25, -0.2) is 13.1 Å². The Labute approximate surface area is 121 Å². The van der Waals surface area contributed by atoms with Crippen molar-refractivity contribution in [2.45, 2.75) is 51.4 Å². The van der Waals surface area contributed by atoms with Gasteiger partial charge in [0.15, 0.2) is 0 Å². The molecule has 6 nitrogen and oxygen atoms in total. The van der Waals surface area contributed by atoms with Crippen molar-refractivity contribution in [3.8, 4) is 6.07 Å². The Hall–Kier alpha value is -1.65. The van der Waals surface area contributed by atoms with Crippen molar-refractivity contribution in [2.75, 3.05) is 19.7 Å². The number of aliphatic hydroxyl groups is 2. The Bertz CT molecular complexity index is 321. The summed E-state index contributed by atoms with van der Waals surface area (Å²) in [7, 11) is 0. The van der Waals surface area contributed by atoms with Gasteiger partial charge in [0, 0.05) is 0 Å². The van der Waals surface area contributed by atoms with E-state index >= 15 is 0 Å². The smallest absolute Gasteiger partial charge is 0.241 e. The van der Waals surface area contributed by atoms with E-state index in [2.05, 4.69) is 16.6 Å². The zero-order chi connectivity index (χ0) is 15.8. The van der Waals surface area contributed by atoms with E-state index in [1.807, 2.05) is 6.92 Å². The highest BCUT2D eigenvalue weighted by molar-refractivity contribution is 4.79. The van der Waals surface area contributed by atoms with Crippen molar-refractivity contribution >= 4 is 0 Å². The van der Waals surface area contributed by atoms with Crippen molar-refractivity contribution in [2.24, 2.45) is 0 Å². The predicted molar refractivity (Wildman–Crippen MR) is 75.5 cm³/mol. The minimum Gasteiger partial charge on any atom is -0.385 e. The van der Waals surface area contributed by atoms with Crippen molar-refractivity contribution in [3.05, 3.63) is 22.8 Å². The van der Waals surface area contributed by atoms with Crippen LogP contribution in [0, 0.1) is 24.5 Å². The molecule has 3 unspecified atom stereocenters. The Balaban J connectivity index is 0. The zero-order valence-electron chi connectivity index (χ0n) is 12.1. The molecule has 0 saturated carbocycles. The molecule has 1 fully saturated rings. The molecule has 112 valence electrons. The van der Waals surface area contributed by atoms with E-state index in [-0.39, 0.29) is 19.5 Å². The van der Waals surface area contributed by atoms with Gasteiger partial charge in [0.05, 0.1) is 25.2 Å². The summed E-state index contributed by atoms with van der Waals surface area (Å²) in [6.45, 7) is 17.9. The van der Waals surface area contributed by atoms with Crippen LogP contribution in [0.25, 0.3) is 9.69 Å². The fraction of sp³-hybridized carbons (Fsp3) is 0.786. The van der Waals surface area contributed by atoms with Crippen LogP contribution in [-0.2, 0) is 4.74 Å². The molecular formula is C14H23N3O3. The quantitative estimate of drug-likeness (QED) is 0.592. The molecule has 0 aromatic heterocycles. The molecule has 1 saturated heterocycles.